The maximum absolute atomic E-state index is 9.10. The molecule has 3 rings (SSSR count). The molecule has 0 aliphatic rings. The van der Waals surface area contributed by atoms with Gasteiger partial charge >= 0.3 is 0 Å². The summed E-state index contributed by atoms with van der Waals surface area (Å²) in [5.74, 6) is 6.10. The number of rotatable bonds is 3. The van der Waals surface area contributed by atoms with Gasteiger partial charge in [-0.3, -0.25) is 10.5 Å². The van der Waals surface area contributed by atoms with Crippen molar-refractivity contribution in [2.75, 3.05) is 10.7 Å². The molecule has 20 heavy (non-hydrogen) atoms. The molecular formula is C12H10N8. The van der Waals surface area contributed by atoms with Crippen LogP contribution in [-0.2, 0) is 0 Å². The van der Waals surface area contributed by atoms with Crippen LogP contribution in [0.5, 0.6) is 0 Å². The van der Waals surface area contributed by atoms with E-state index in [1.54, 1.807) is 24.4 Å². The molecule has 0 fully saturated rings. The van der Waals surface area contributed by atoms with E-state index >= 15 is 0 Å². The van der Waals surface area contributed by atoms with E-state index in [9.17, 15) is 0 Å². The van der Waals surface area contributed by atoms with Gasteiger partial charge < -0.3 is 5.32 Å². The standard InChI is InChI=1S/C12H10N8/c13-5-7-3-1-2-4-9(7)16-10-8-6-15-20-11(8)18-12(17-10)19-14/h1-4,6H,14H2,(H3,15,16,17,18,19,20). The fourth-order valence-electron chi connectivity index (χ4n) is 1.81. The first-order valence-electron chi connectivity index (χ1n) is 5.75. The van der Waals surface area contributed by atoms with Gasteiger partial charge in [0.15, 0.2) is 5.65 Å². The summed E-state index contributed by atoms with van der Waals surface area (Å²) in [5, 5.41) is 19.6. The van der Waals surface area contributed by atoms with Crippen LogP contribution in [0, 0.1) is 11.3 Å². The van der Waals surface area contributed by atoms with E-state index in [1.807, 2.05) is 6.07 Å². The Morgan fingerprint density at radius 1 is 1.25 bits per heavy atom. The number of aromatic amines is 1. The summed E-state index contributed by atoms with van der Waals surface area (Å²) >= 11 is 0. The van der Waals surface area contributed by atoms with Crippen LogP contribution < -0.4 is 16.6 Å². The number of nitrogens with one attached hydrogen (secondary N) is 3. The lowest BCUT2D eigenvalue weighted by molar-refractivity contribution is 1.08. The van der Waals surface area contributed by atoms with Gasteiger partial charge in [-0.05, 0) is 12.1 Å². The molecule has 2 aromatic heterocycles. The summed E-state index contributed by atoms with van der Waals surface area (Å²) in [6, 6.07) is 9.26. The molecule has 0 aliphatic heterocycles. The minimum absolute atomic E-state index is 0.249. The number of aromatic nitrogens is 4. The smallest absolute Gasteiger partial charge is 0.241 e. The quantitative estimate of drug-likeness (QED) is 0.415. The highest BCUT2D eigenvalue weighted by Gasteiger charge is 2.10. The maximum atomic E-state index is 9.10. The molecule has 0 radical (unpaired) electrons. The van der Waals surface area contributed by atoms with Gasteiger partial charge in [-0.15, -0.1) is 0 Å². The molecule has 0 unspecified atom stereocenters. The zero-order valence-electron chi connectivity index (χ0n) is 10.3. The molecule has 5 N–H and O–H groups in total. The van der Waals surface area contributed by atoms with Gasteiger partial charge in [0, 0.05) is 0 Å². The van der Waals surface area contributed by atoms with E-state index < -0.39 is 0 Å². The molecule has 8 nitrogen and oxygen atoms in total. The summed E-state index contributed by atoms with van der Waals surface area (Å²) in [7, 11) is 0. The number of fused-ring (bicyclic) bond motifs is 1. The van der Waals surface area contributed by atoms with E-state index in [4.69, 9.17) is 11.1 Å². The predicted octanol–water partition coefficient (Wildman–Crippen LogP) is 1.25. The lowest BCUT2D eigenvalue weighted by Gasteiger charge is -2.09. The van der Waals surface area contributed by atoms with Crippen LogP contribution in [0.2, 0.25) is 0 Å². The number of nitrogens with two attached hydrogens (primary N) is 1. The molecule has 0 spiro atoms. The molecule has 0 aliphatic carbocycles. The van der Waals surface area contributed by atoms with Crippen LogP contribution >= 0.6 is 0 Å². The number of hydrogen-bond acceptors (Lipinski definition) is 7. The Balaban J connectivity index is 2.10. The molecule has 98 valence electrons. The van der Waals surface area contributed by atoms with Crippen molar-refractivity contribution in [2.24, 2.45) is 5.84 Å². The molecule has 1 aromatic carbocycles. The molecule has 8 heteroatoms. The summed E-state index contributed by atoms with van der Waals surface area (Å²) < 4.78 is 0. The fraction of sp³-hybridized carbons (Fsp3) is 0. The number of nitrogen functional groups attached to an aromatic ring is 1. The van der Waals surface area contributed by atoms with Crippen LogP contribution in [0.25, 0.3) is 11.0 Å². The Kier molecular flexibility index (Phi) is 2.87. The third-order valence-electron chi connectivity index (χ3n) is 2.74. The number of hydrazine groups is 1. The highest BCUT2D eigenvalue weighted by molar-refractivity contribution is 5.89. The van der Waals surface area contributed by atoms with Crippen molar-refractivity contribution in [3.8, 4) is 6.07 Å². The second-order valence-electron chi connectivity index (χ2n) is 3.95. The van der Waals surface area contributed by atoms with Gasteiger partial charge in [0.2, 0.25) is 5.95 Å². The average Bonchev–Trinajstić information content (AvgIpc) is 2.96. The van der Waals surface area contributed by atoms with Gasteiger partial charge in [-0.1, -0.05) is 12.1 Å². The topological polar surface area (TPSA) is 128 Å². The predicted molar refractivity (Wildman–Crippen MR) is 73.9 cm³/mol. The van der Waals surface area contributed by atoms with Gasteiger partial charge in [-0.25, -0.2) is 5.84 Å². The van der Waals surface area contributed by atoms with Crippen molar-refractivity contribution in [1.29, 1.82) is 5.26 Å². The number of hydrogen-bond donors (Lipinski definition) is 4. The fourth-order valence-corrected chi connectivity index (χ4v) is 1.81. The minimum Gasteiger partial charge on any atom is -0.338 e. The molecule has 2 heterocycles. The first-order valence-corrected chi connectivity index (χ1v) is 5.75. The lowest BCUT2D eigenvalue weighted by atomic mass is 10.2. The van der Waals surface area contributed by atoms with E-state index in [0.29, 0.717) is 28.1 Å². The van der Waals surface area contributed by atoms with E-state index in [2.05, 4.69) is 37.0 Å². The van der Waals surface area contributed by atoms with Gasteiger partial charge in [0.05, 0.1) is 22.8 Å². The Hall–Kier alpha value is -3.18. The Morgan fingerprint density at radius 3 is 2.90 bits per heavy atom. The number of nitrogens with zero attached hydrogens (tertiary/aromatic N) is 4. The summed E-state index contributed by atoms with van der Waals surface area (Å²) in [6.07, 6.45) is 1.60. The second kappa shape index (κ2) is 4.83. The summed E-state index contributed by atoms with van der Waals surface area (Å²) in [6.45, 7) is 0. The Bertz CT molecular complexity index is 801. The van der Waals surface area contributed by atoms with E-state index in [-0.39, 0.29) is 5.95 Å². The number of benzene rings is 1. The average molecular weight is 266 g/mol. The van der Waals surface area contributed by atoms with Gasteiger partial charge in [0.25, 0.3) is 0 Å². The Morgan fingerprint density at radius 2 is 2.10 bits per heavy atom. The molecule has 0 saturated heterocycles. The van der Waals surface area contributed by atoms with Crippen molar-refractivity contribution < 1.29 is 0 Å². The molecule has 3 aromatic rings. The second-order valence-corrected chi connectivity index (χ2v) is 3.95. The SMILES string of the molecule is N#Cc1ccccc1Nc1nc(NN)nc2[nH]ncc12. The van der Waals surface area contributed by atoms with Crippen LogP contribution in [0.4, 0.5) is 17.5 Å². The third kappa shape index (κ3) is 1.98. The highest BCUT2D eigenvalue weighted by Crippen LogP contribution is 2.25. The first-order chi connectivity index (χ1) is 9.81. The van der Waals surface area contributed by atoms with Gasteiger partial charge in [0.1, 0.15) is 11.9 Å². The largest absolute Gasteiger partial charge is 0.338 e. The molecular weight excluding hydrogens is 256 g/mol. The lowest BCUT2D eigenvalue weighted by Crippen LogP contribution is -2.11. The van der Waals surface area contributed by atoms with Crippen molar-refractivity contribution in [1.82, 2.24) is 20.2 Å². The summed E-state index contributed by atoms with van der Waals surface area (Å²) in [4.78, 5) is 8.36. The normalized spacial score (nSPS) is 10.2. The van der Waals surface area contributed by atoms with E-state index in [0.717, 1.165) is 0 Å². The maximum Gasteiger partial charge on any atom is 0.241 e. The molecule has 0 atom stereocenters. The van der Waals surface area contributed by atoms with Gasteiger partial charge in [-0.2, -0.15) is 20.3 Å². The molecule has 0 saturated carbocycles. The molecule has 0 amide bonds. The monoisotopic (exact) mass is 266 g/mol. The first kappa shape index (κ1) is 11.9. The zero-order chi connectivity index (χ0) is 13.9. The van der Waals surface area contributed by atoms with Crippen molar-refractivity contribution >= 4 is 28.5 Å². The summed E-state index contributed by atoms with van der Waals surface area (Å²) in [5.41, 5.74) is 4.11. The third-order valence-corrected chi connectivity index (χ3v) is 2.74. The molecule has 0 bridgehead atoms. The highest BCUT2D eigenvalue weighted by atomic mass is 15.3. The number of nitriles is 1. The number of H-pyrrole nitrogens is 1. The zero-order valence-corrected chi connectivity index (χ0v) is 10.3. The van der Waals surface area contributed by atoms with Crippen LogP contribution in [-0.4, -0.2) is 20.2 Å². The minimum atomic E-state index is 0.249. The Labute approximate surface area is 113 Å². The number of para-hydroxylation sites is 1. The van der Waals surface area contributed by atoms with Crippen molar-refractivity contribution in [3.05, 3.63) is 36.0 Å². The van der Waals surface area contributed by atoms with E-state index in [1.165, 1.54) is 0 Å². The van der Waals surface area contributed by atoms with Crippen molar-refractivity contribution in [2.45, 2.75) is 0 Å². The van der Waals surface area contributed by atoms with Crippen LogP contribution in [0.3, 0.4) is 0 Å². The number of anilines is 3. The van der Waals surface area contributed by atoms with Crippen molar-refractivity contribution in [3.63, 3.8) is 0 Å². The van der Waals surface area contributed by atoms with Crippen LogP contribution in [0.15, 0.2) is 30.5 Å². The van der Waals surface area contributed by atoms with Crippen LogP contribution in [0.1, 0.15) is 5.56 Å².